The molecular formula is C10H16O2. The van der Waals surface area contributed by atoms with Gasteiger partial charge in [-0.05, 0) is 32.1 Å². The molecule has 2 heteroatoms. The minimum atomic E-state index is -0.249. The van der Waals surface area contributed by atoms with Gasteiger partial charge in [0.1, 0.15) is 0 Å². The molecule has 0 heterocycles. The Balaban J connectivity index is 2.15. The molecule has 2 nitrogen and oxygen atoms in total. The Morgan fingerprint density at radius 3 is 2.83 bits per heavy atom. The van der Waals surface area contributed by atoms with Crippen molar-refractivity contribution in [3.05, 3.63) is 11.6 Å². The third-order valence-corrected chi connectivity index (χ3v) is 3.09. The van der Waals surface area contributed by atoms with Gasteiger partial charge < -0.3 is 10.2 Å². The normalized spacial score (nSPS) is 41.8. The molecule has 12 heavy (non-hydrogen) atoms. The fourth-order valence-electron chi connectivity index (χ4n) is 2.41. The molecule has 2 rings (SSSR count). The monoisotopic (exact) mass is 168 g/mol. The summed E-state index contributed by atoms with van der Waals surface area (Å²) in [6.45, 7) is 0. The molecule has 0 aromatic rings. The standard InChI is InChI=1S/C10H16O2/c11-8-4-5-9-7(6-8)2-1-3-10(9)12/h6,8-12H,1-5H2. The van der Waals surface area contributed by atoms with Gasteiger partial charge in [-0.2, -0.15) is 0 Å². The Labute approximate surface area is 72.9 Å². The minimum absolute atomic E-state index is 0.141. The van der Waals surface area contributed by atoms with Crippen molar-refractivity contribution in [2.24, 2.45) is 5.92 Å². The molecule has 3 atom stereocenters. The van der Waals surface area contributed by atoms with Crippen molar-refractivity contribution in [3.63, 3.8) is 0 Å². The van der Waals surface area contributed by atoms with E-state index in [1.54, 1.807) is 0 Å². The Morgan fingerprint density at radius 2 is 2.00 bits per heavy atom. The second kappa shape index (κ2) is 3.19. The molecule has 0 radical (unpaired) electrons. The number of aliphatic hydroxyl groups excluding tert-OH is 2. The second-order valence-electron chi connectivity index (χ2n) is 3.95. The zero-order valence-electron chi connectivity index (χ0n) is 7.24. The van der Waals surface area contributed by atoms with Gasteiger partial charge in [0.2, 0.25) is 0 Å². The summed E-state index contributed by atoms with van der Waals surface area (Å²) < 4.78 is 0. The molecule has 2 aliphatic rings. The smallest absolute Gasteiger partial charge is 0.0723 e. The molecule has 2 aliphatic carbocycles. The molecule has 0 spiro atoms. The maximum atomic E-state index is 9.67. The maximum Gasteiger partial charge on any atom is 0.0723 e. The van der Waals surface area contributed by atoms with E-state index in [1.807, 2.05) is 6.08 Å². The summed E-state index contributed by atoms with van der Waals surface area (Å²) in [7, 11) is 0. The van der Waals surface area contributed by atoms with E-state index in [4.69, 9.17) is 0 Å². The van der Waals surface area contributed by atoms with Crippen molar-refractivity contribution in [1.82, 2.24) is 0 Å². The zero-order valence-corrected chi connectivity index (χ0v) is 7.24. The highest BCUT2D eigenvalue weighted by Crippen LogP contribution is 2.36. The summed E-state index contributed by atoms with van der Waals surface area (Å²) in [6, 6.07) is 0. The van der Waals surface area contributed by atoms with E-state index in [0.717, 1.165) is 32.1 Å². The lowest BCUT2D eigenvalue weighted by Crippen LogP contribution is -2.31. The van der Waals surface area contributed by atoms with Crippen molar-refractivity contribution >= 4 is 0 Å². The Bertz CT molecular complexity index is 198. The van der Waals surface area contributed by atoms with Crippen LogP contribution in [0.25, 0.3) is 0 Å². The molecule has 1 saturated carbocycles. The summed E-state index contributed by atoms with van der Waals surface area (Å²) in [5.41, 5.74) is 1.30. The van der Waals surface area contributed by atoms with Crippen LogP contribution >= 0.6 is 0 Å². The fraction of sp³-hybridized carbons (Fsp3) is 0.800. The van der Waals surface area contributed by atoms with Crippen LogP contribution in [0.15, 0.2) is 11.6 Å². The van der Waals surface area contributed by atoms with E-state index in [2.05, 4.69) is 0 Å². The van der Waals surface area contributed by atoms with Crippen LogP contribution in [0.1, 0.15) is 32.1 Å². The molecule has 68 valence electrons. The van der Waals surface area contributed by atoms with Crippen LogP contribution in [-0.2, 0) is 0 Å². The number of fused-ring (bicyclic) bond motifs is 1. The van der Waals surface area contributed by atoms with Gasteiger partial charge in [0.05, 0.1) is 12.2 Å². The molecule has 0 aromatic carbocycles. The first kappa shape index (κ1) is 8.27. The van der Waals surface area contributed by atoms with Crippen molar-refractivity contribution in [2.75, 3.05) is 0 Å². The molecule has 0 saturated heterocycles. The van der Waals surface area contributed by atoms with Crippen LogP contribution in [-0.4, -0.2) is 22.4 Å². The van der Waals surface area contributed by atoms with E-state index in [1.165, 1.54) is 5.57 Å². The van der Waals surface area contributed by atoms with Crippen molar-refractivity contribution in [2.45, 2.75) is 44.3 Å². The predicted octanol–water partition coefficient (Wildman–Crippen LogP) is 1.23. The summed E-state index contributed by atoms with van der Waals surface area (Å²) in [4.78, 5) is 0. The first-order chi connectivity index (χ1) is 5.77. The molecule has 0 aromatic heterocycles. The van der Waals surface area contributed by atoms with Gasteiger partial charge in [0.15, 0.2) is 0 Å². The lowest BCUT2D eigenvalue weighted by Gasteiger charge is -2.34. The summed E-state index contributed by atoms with van der Waals surface area (Å²) in [5, 5.41) is 19.0. The highest BCUT2D eigenvalue weighted by atomic mass is 16.3. The molecule has 3 unspecified atom stereocenters. The lowest BCUT2D eigenvalue weighted by molar-refractivity contribution is 0.0753. The van der Waals surface area contributed by atoms with Gasteiger partial charge in [0, 0.05) is 5.92 Å². The van der Waals surface area contributed by atoms with E-state index in [-0.39, 0.29) is 12.2 Å². The van der Waals surface area contributed by atoms with Crippen LogP contribution < -0.4 is 0 Å². The molecule has 0 aliphatic heterocycles. The Morgan fingerprint density at radius 1 is 1.17 bits per heavy atom. The van der Waals surface area contributed by atoms with E-state index in [9.17, 15) is 10.2 Å². The van der Waals surface area contributed by atoms with Crippen molar-refractivity contribution in [1.29, 1.82) is 0 Å². The van der Waals surface area contributed by atoms with E-state index >= 15 is 0 Å². The predicted molar refractivity (Wildman–Crippen MR) is 46.7 cm³/mol. The van der Waals surface area contributed by atoms with E-state index < -0.39 is 0 Å². The maximum absolute atomic E-state index is 9.67. The highest BCUT2D eigenvalue weighted by Gasteiger charge is 2.30. The number of rotatable bonds is 0. The number of hydrogen-bond acceptors (Lipinski definition) is 2. The van der Waals surface area contributed by atoms with Gasteiger partial charge in [0.25, 0.3) is 0 Å². The van der Waals surface area contributed by atoms with Crippen LogP contribution in [0.2, 0.25) is 0 Å². The van der Waals surface area contributed by atoms with Crippen LogP contribution in [0.4, 0.5) is 0 Å². The number of aliphatic hydroxyl groups is 2. The second-order valence-corrected chi connectivity index (χ2v) is 3.95. The Hall–Kier alpha value is -0.340. The van der Waals surface area contributed by atoms with Gasteiger partial charge in [-0.3, -0.25) is 0 Å². The minimum Gasteiger partial charge on any atom is -0.393 e. The average molecular weight is 168 g/mol. The van der Waals surface area contributed by atoms with Crippen LogP contribution in [0, 0.1) is 5.92 Å². The van der Waals surface area contributed by atoms with Crippen LogP contribution in [0.5, 0.6) is 0 Å². The third kappa shape index (κ3) is 1.41. The first-order valence-corrected chi connectivity index (χ1v) is 4.84. The summed E-state index contributed by atoms with van der Waals surface area (Å²) in [6.07, 6.45) is 6.46. The lowest BCUT2D eigenvalue weighted by atomic mass is 9.75. The fourth-order valence-corrected chi connectivity index (χ4v) is 2.41. The summed E-state index contributed by atoms with van der Waals surface area (Å²) in [5.74, 6) is 0.363. The quantitative estimate of drug-likeness (QED) is 0.534. The highest BCUT2D eigenvalue weighted by molar-refractivity contribution is 5.16. The van der Waals surface area contributed by atoms with E-state index in [0.29, 0.717) is 5.92 Å². The molecule has 0 bridgehead atoms. The van der Waals surface area contributed by atoms with Crippen LogP contribution in [0.3, 0.4) is 0 Å². The SMILES string of the molecule is OC1C=C2CCCC(O)C2CC1. The summed E-state index contributed by atoms with van der Waals surface area (Å²) >= 11 is 0. The molecule has 0 amide bonds. The first-order valence-electron chi connectivity index (χ1n) is 4.84. The number of hydrogen-bond donors (Lipinski definition) is 2. The molecule has 1 fully saturated rings. The van der Waals surface area contributed by atoms with Gasteiger partial charge >= 0.3 is 0 Å². The topological polar surface area (TPSA) is 40.5 Å². The van der Waals surface area contributed by atoms with Crippen molar-refractivity contribution < 1.29 is 10.2 Å². The zero-order chi connectivity index (χ0) is 8.55. The average Bonchev–Trinajstić information content (AvgIpc) is 2.04. The molecule has 2 N–H and O–H groups in total. The third-order valence-electron chi connectivity index (χ3n) is 3.09. The van der Waals surface area contributed by atoms with Gasteiger partial charge in [-0.25, -0.2) is 0 Å². The van der Waals surface area contributed by atoms with Crippen molar-refractivity contribution in [3.8, 4) is 0 Å². The largest absolute Gasteiger partial charge is 0.393 e. The van der Waals surface area contributed by atoms with Gasteiger partial charge in [-0.1, -0.05) is 11.6 Å². The van der Waals surface area contributed by atoms with Gasteiger partial charge in [-0.15, -0.1) is 0 Å². The molecular weight excluding hydrogens is 152 g/mol. The Kier molecular flexibility index (Phi) is 2.20.